The highest BCUT2D eigenvalue weighted by Gasteiger charge is 2.15. The van der Waals surface area contributed by atoms with Gasteiger partial charge in [0.15, 0.2) is 10.8 Å². The third kappa shape index (κ3) is 4.09. The largest absolute Gasteiger partial charge is 0.302 e. The summed E-state index contributed by atoms with van der Waals surface area (Å²) in [6.07, 6.45) is 2.44. The molecule has 0 unspecified atom stereocenters. The van der Waals surface area contributed by atoms with Crippen LogP contribution >= 0.6 is 11.3 Å². The monoisotopic (exact) mass is 411 g/mol. The number of fused-ring (bicyclic) bond motifs is 1. The fourth-order valence-corrected chi connectivity index (χ4v) is 4.05. The number of nitrogens with one attached hydrogen (secondary N) is 2. The number of rotatable bonds is 5. The summed E-state index contributed by atoms with van der Waals surface area (Å²) >= 11 is 1.38. The van der Waals surface area contributed by atoms with E-state index in [0.29, 0.717) is 22.9 Å². The van der Waals surface area contributed by atoms with E-state index < -0.39 is 0 Å². The summed E-state index contributed by atoms with van der Waals surface area (Å²) < 4.78 is 14.6. The van der Waals surface area contributed by atoms with E-state index in [4.69, 9.17) is 0 Å². The molecule has 0 bridgehead atoms. The van der Waals surface area contributed by atoms with Gasteiger partial charge < -0.3 is 5.32 Å². The van der Waals surface area contributed by atoms with Crippen molar-refractivity contribution in [2.75, 3.05) is 5.32 Å². The standard InChI is InChI=1S/C20H18FN5O2S/c1-11-16(12(2)26-17(23-11)9-19(28)25-26)8-18(27)24-20-22-10-15(29-20)7-13-3-5-14(21)6-4-13/h3-6,9-10H,7-8H2,1-2H3,(H,25,28)(H,22,24,27). The maximum Gasteiger partial charge on any atom is 0.266 e. The minimum Gasteiger partial charge on any atom is -0.302 e. The van der Waals surface area contributed by atoms with Crippen molar-refractivity contribution >= 4 is 28.0 Å². The Morgan fingerprint density at radius 3 is 2.79 bits per heavy atom. The van der Waals surface area contributed by atoms with Crippen molar-refractivity contribution in [1.82, 2.24) is 19.6 Å². The maximum atomic E-state index is 13.0. The highest BCUT2D eigenvalue weighted by atomic mass is 32.1. The molecular weight excluding hydrogens is 393 g/mol. The fourth-order valence-electron chi connectivity index (χ4n) is 3.19. The quantitative estimate of drug-likeness (QED) is 0.528. The molecule has 0 saturated carbocycles. The molecule has 4 rings (SSSR count). The van der Waals surface area contributed by atoms with E-state index in [0.717, 1.165) is 21.7 Å². The van der Waals surface area contributed by atoms with Crippen LogP contribution in [0.2, 0.25) is 0 Å². The number of amides is 1. The lowest BCUT2D eigenvalue weighted by molar-refractivity contribution is -0.115. The molecule has 2 N–H and O–H groups in total. The molecule has 9 heteroatoms. The molecule has 0 aliphatic heterocycles. The van der Waals surface area contributed by atoms with Crippen LogP contribution in [0.5, 0.6) is 0 Å². The number of carbonyl (C=O) groups is 1. The predicted octanol–water partition coefficient (Wildman–Crippen LogP) is 3.01. The van der Waals surface area contributed by atoms with Gasteiger partial charge in [-0.3, -0.25) is 14.7 Å². The molecule has 0 atom stereocenters. The molecule has 148 valence electrons. The summed E-state index contributed by atoms with van der Waals surface area (Å²) in [5.74, 6) is -0.484. The molecule has 1 amide bonds. The van der Waals surface area contributed by atoms with Crippen molar-refractivity contribution in [1.29, 1.82) is 0 Å². The van der Waals surface area contributed by atoms with Crippen LogP contribution < -0.4 is 10.9 Å². The predicted molar refractivity (Wildman–Crippen MR) is 109 cm³/mol. The van der Waals surface area contributed by atoms with Crippen LogP contribution in [0.3, 0.4) is 0 Å². The molecule has 0 radical (unpaired) electrons. The summed E-state index contributed by atoms with van der Waals surface area (Å²) in [7, 11) is 0. The SMILES string of the molecule is Cc1nc2cc(=O)[nH]n2c(C)c1CC(=O)Nc1ncc(Cc2ccc(F)cc2)s1. The first-order chi connectivity index (χ1) is 13.9. The van der Waals surface area contributed by atoms with Gasteiger partial charge in [-0.05, 0) is 31.5 Å². The van der Waals surface area contributed by atoms with Gasteiger partial charge in [0.25, 0.3) is 5.56 Å². The van der Waals surface area contributed by atoms with Crippen molar-refractivity contribution in [3.05, 3.63) is 80.1 Å². The normalized spacial score (nSPS) is 11.1. The van der Waals surface area contributed by atoms with Gasteiger partial charge in [-0.25, -0.2) is 18.9 Å². The van der Waals surface area contributed by atoms with Crippen molar-refractivity contribution in [2.24, 2.45) is 0 Å². The van der Waals surface area contributed by atoms with Crippen LogP contribution in [-0.4, -0.2) is 25.5 Å². The highest BCUT2D eigenvalue weighted by Crippen LogP contribution is 2.22. The number of hydrogen-bond donors (Lipinski definition) is 2. The van der Waals surface area contributed by atoms with Gasteiger partial charge >= 0.3 is 0 Å². The number of aryl methyl sites for hydroxylation is 2. The number of benzene rings is 1. The van der Waals surface area contributed by atoms with Gasteiger partial charge in [-0.1, -0.05) is 12.1 Å². The Kier molecular flexibility index (Phi) is 4.98. The zero-order valence-electron chi connectivity index (χ0n) is 15.8. The molecule has 0 aliphatic rings. The van der Waals surface area contributed by atoms with E-state index in [1.807, 2.05) is 13.8 Å². The molecular formula is C20H18FN5O2S. The second kappa shape index (κ2) is 7.59. The average molecular weight is 411 g/mol. The lowest BCUT2D eigenvalue weighted by Crippen LogP contribution is -2.17. The van der Waals surface area contributed by atoms with Crippen molar-refractivity contribution in [2.45, 2.75) is 26.7 Å². The molecule has 0 saturated heterocycles. The number of hydrogen-bond acceptors (Lipinski definition) is 5. The molecule has 0 aliphatic carbocycles. The lowest BCUT2D eigenvalue weighted by atomic mass is 10.1. The number of thiazole rings is 1. The van der Waals surface area contributed by atoms with Crippen LogP contribution in [0, 0.1) is 19.7 Å². The van der Waals surface area contributed by atoms with Gasteiger partial charge in [-0.15, -0.1) is 11.3 Å². The molecule has 0 fully saturated rings. The summed E-state index contributed by atoms with van der Waals surface area (Å²) in [6.45, 7) is 3.65. The summed E-state index contributed by atoms with van der Waals surface area (Å²) in [4.78, 5) is 33.7. The topological polar surface area (TPSA) is 92.1 Å². The number of aromatic nitrogens is 4. The molecule has 4 aromatic rings. The minimum absolute atomic E-state index is 0.119. The lowest BCUT2D eigenvalue weighted by Gasteiger charge is -2.11. The van der Waals surface area contributed by atoms with E-state index in [-0.39, 0.29) is 23.7 Å². The van der Waals surface area contributed by atoms with Gasteiger partial charge in [0.05, 0.1) is 6.42 Å². The van der Waals surface area contributed by atoms with E-state index in [1.54, 1.807) is 22.8 Å². The minimum atomic E-state index is -0.270. The van der Waals surface area contributed by atoms with Gasteiger partial charge in [0, 0.05) is 40.5 Å². The molecule has 29 heavy (non-hydrogen) atoms. The van der Waals surface area contributed by atoms with Crippen molar-refractivity contribution in [3.8, 4) is 0 Å². The van der Waals surface area contributed by atoms with Crippen LogP contribution in [0.25, 0.3) is 5.65 Å². The van der Waals surface area contributed by atoms with E-state index >= 15 is 0 Å². The van der Waals surface area contributed by atoms with Crippen molar-refractivity contribution < 1.29 is 9.18 Å². The summed E-state index contributed by atoms with van der Waals surface area (Å²) in [5, 5.41) is 6.00. The third-order valence-electron chi connectivity index (χ3n) is 4.63. The van der Waals surface area contributed by atoms with Crippen molar-refractivity contribution in [3.63, 3.8) is 0 Å². The molecule has 7 nitrogen and oxygen atoms in total. The molecule has 3 heterocycles. The summed E-state index contributed by atoms with van der Waals surface area (Å²) in [6, 6.07) is 7.72. The smallest absolute Gasteiger partial charge is 0.266 e. The highest BCUT2D eigenvalue weighted by molar-refractivity contribution is 7.15. The molecule has 1 aromatic carbocycles. The Hall–Kier alpha value is -3.33. The maximum absolute atomic E-state index is 13.0. The number of H-pyrrole nitrogens is 1. The Balaban J connectivity index is 1.46. The zero-order chi connectivity index (χ0) is 20.5. The first-order valence-electron chi connectivity index (χ1n) is 8.96. The van der Waals surface area contributed by atoms with Gasteiger partial charge in [0.2, 0.25) is 5.91 Å². The number of anilines is 1. The van der Waals surface area contributed by atoms with E-state index in [1.165, 1.54) is 29.5 Å². The van der Waals surface area contributed by atoms with Crippen LogP contribution in [0.15, 0.2) is 41.3 Å². The Morgan fingerprint density at radius 2 is 2.03 bits per heavy atom. The van der Waals surface area contributed by atoms with Gasteiger partial charge in [-0.2, -0.15) is 0 Å². The summed E-state index contributed by atoms with van der Waals surface area (Å²) in [5.41, 5.74) is 3.48. The number of nitrogens with zero attached hydrogens (tertiary/aromatic N) is 3. The Morgan fingerprint density at radius 1 is 1.28 bits per heavy atom. The third-order valence-corrected chi connectivity index (χ3v) is 5.54. The Labute approximate surface area is 169 Å². The number of halogens is 1. The van der Waals surface area contributed by atoms with Crippen LogP contribution in [-0.2, 0) is 17.6 Å². The van der Waals surface area contributed by atoms with E-state index in [2.05, 4.69) is 20.4 Å². The molecule has 0 spiro atoms. The van der Waals surface area contributed by atoms with Gasteiger partial charge in [0.1, 0.15) is 5.82 Å². The van der Waals surface area contributed by atoms with E-state index in [9.17, 15) is 14.0 Å². The number of aromatic amines is 1. The fraction of sp³-hybridized carbons (Fsp3) is 0.200. The van der Waals surface area contributed by atoms with Crippen LogP contribution in [0.4, 0.5) is 9.52 Å². The molecule has 3 aromatic heterocycles. The Bertz CT molecular complexity index is 1260. The zero-order valence-corrected chi connectivity index (χ0v) is 16.6. The first-order valence-corrected chi connectivity index (χ1v) is 9.77. The second-order valence-electron chi connectivity index (χ2n) is 6.74. The van der Waals surface area contributed by atoms with Crippen LogP contribution in [0.1, 0.15) is 27.4 Å². The number of carbonyl (C=O) groups excluding carboxylic acids is 1. The second-order valence-corrected chi connectivity index (χ2v) is 7.85. The first kappa shape index (κ1) is 19.0. The average Bonchev–Trinajstić information content (AvgIpc) is 3.26.